The Kier molecular flexibility index (Phi) is 5.39. The quantitative estimate of drug-likeness (QED) is 0.558. The first-order valence-corrected chi connectivity index (χ1v) is 7.63. The number of hydrogen-bond acceptors (Lipinski definition) is 3. The molecule has 0 aliphatic rings. The van der Waals surface area contributed by atoms with E-state index in [-0.39, 0.29) is 5.69 Å². The van der Waals surface area contributed by atoms with Crippen LogP contribution in [0, 0.1) is 17.0 Å². The molecule has 4 nitrogen and oxygen atoms in total. The van der Waals surface area contributed by atoms with Crippen LogP contribution in [0.4, 0.5) is 11.4 Å². The van der Waals surface area contributed by atoms with E-state index in [0.717, 1.165) is 25.2 Å². The summed E-state index contributed by atoms with van der Waals surface area (Å²) in [7, 11) is 0. The number of anilines is 1. The van der Waals surface area contributed by atoms with Gasteiger partial charge in [0.1, 0.15) is 0 Å². The van der Waals surface area contributed by atoms with E-state index in [2.05, 4.69) is 43.0 Å². The first kappa shape index (κ1) is 16.3. The highest BCUT2D eigenvalue weighted by atomic mass is 35.5. The molecular formula is C17H19ClN2O2. The van der Waals surface area contributed by atoms with E-state index >= 15 is 0 Å². The standard InChI is InChI=1S/C17H19ClN2O2/c1-3-10-19(12-14-6-4-13(2)5-7-14)17-9-8-15(20(21)22)11-16(17)18/h4-9,11H,3,10,12H2,1-2H3. The van der Waals surface area contributed by atoms with E-state index < -0.39 is 4.92 Å². The molecule has 2 aromatic carbocycles. The second kappa shape index (κ2) is 7.27. The zero-order valence-electron chi connectivity index (χ0n) is 12.8. The highest BCUT2D eigenvalue weighted by Gasteiger charge is 2.14. The highest BCUT2D eigenvalue weighted by Crippen LogP contribution is 2.31. The maximum atomic E-state index is 10.8. The SMILES string of the molecule is CCCN(Cc1ccc(C)cc1)c1ccc([N+](=O)[O-])cc1Cl. The molecule has 0 saturated heterocycles. The van der Waals surface area contributed by atoms with Gasteiger partial charge in [-0.25, -0.2) is 0 Å². The summed E-state index contributed by atoms with van der Waals surface area (Å²) < 4.78 is 0. The summed E-state index contributed by atoms with van der Waals surface area (Å²) >= 11 is 6.25. The summed E-state index contributed by atoms with van der Waals surface area (Å²) in [6.45, 7) is 5.72. The molecule has 0 aromatic heterocycles. The number of aryl methyl sites for hydroxylation is 1. The van der Waals surface area contributed by atoms with Crippen LogP contribution in [0.2, 0.25) is 5.02 Å². The van der Waals surface area contributed by atoms with Gasteiger partial charge in [-0.05, 0) is 25.0 Å². The summed E-state index contributed by atoms with van der Waals surface area (Å²) in [5.74, 6) is 0. The Morgan fingerprint density at radius 1 is 1.18 bits per heavy atom. The van der Waals surface area contributed by atoms with Crippen molar-refractivity contribution in [1.29, 1.82) is 0 Å². The van der Waals surface area contributed by atoms with Gasteiger partial charge >= 0.3 is 0 Å². The van der Waals surface area contributed by atoms with Crippen molar-refractivity contribution in [3.63, 3.8) is 0 Å². The molecule has 0 N–H and O–H groups in total. The molecule has 0 atom stereocenters. The number of hydrogen-bond donors (Lipinski definition) is 0. The van der Waals surface area contributed by atoms with Crippen LogP contribution >= 0.6 is 11.6 Å². The molecule has 0 aliphatic carbocycles. The highest BCUT2D eigenvalue weighted by molar-refractivity contribution is 6.33. The molecule has 0 amide bonds. The number of halogens is 1. The number of non-ortho nitro benzene ring substituents is 1. The third-order valence-electron chi connectivity index (χ3n) is 3.47. The van der Waals surface area contributed by atoms with Crippen molar-refractivity contribution >= 4 is 23.0 Å². The second-order valence-electron chi connectivity index (χ2n) is 5.30. The molecule has 0 unspecified atom stereocenters. The molecule has 0 bridgehead atoms. The fourth-order valence-corrected chi connectivity index (χ4v) is 2.63. The normalized spacial score (nSPS) is 10.5. The smallest absolute Gasteiger partial charge is 0.271 e. The summed E-state index contributed by atoms with van der Waals surface area (Å²) in [5, 5.41) is 11.2. The predicted octanol–water partition coefficient (Wildman–Crippen LogP) is 4.97. The van der Waals surface area contributed by atoms with Crippen LogP contribution < -0.4 is 4.90 Å². The van der Waals surface area contributed by atoms with Crippen molar-refractivity contribution in [3.8, 4) is 0 Å². The Morgan fingerprint density at radius 3 is 2.41 bits per heavy atom. The van der Waals surface area contributed by atoms with Gasteiger partial charge in [-0.3, -0.25) is 10.1 Å². The van der Waals surface area contributed by atoms with Gasteiger partial charge in [0, 0.05) is 25.2 Å². The molecule has 0 heterocycles. The van der Waals surface area contributed by atoms with Crippen LogP contribution in [-0.4, -0.2) is 11.5 Å². The summed E-state index contributed by atoms with van der Waals surface area (Å²) in [6.07, 6.45) is 0.971. The molecule has 0 radical (unpaired) electrons. The molecule has 0 fully saturated rings. The molecule has 5 heteroatoms. The summed E-state index contributed by atoms with van der Waals surface area (Å²) in [5.41, 5.74) is 3.25. The van der Waals surface area contributed by atoms with Crippen molar-refractivity contribution in [2.75, 3.05) is 11.4 Å². The maximum absolute atomic E-state index is 10.8. The Balaban J connectivity index is 2.27. The molecule has 0 saturated carbocycles. The Bertz CT molecular complexity index is 656. The van der Waals surface area contributed by atoms with Crippen molar-refractivity contribution < 1.29 is 4.92 Å². The van der Waals surface area contributed by atoms with E-state index in [9.17, 15) is 10.1 Å². The van der Waals surface area contributed by atoms with E-state index in [1.165, 1.54) is 23.3 Å². The van der Waals surface area contributed by atoms with Gasteiger partial charge in [-0.15, -0.1) is 0 Å². The van der Waals surface area contributed by atoms with E-state index in [1.807, 2.05) is 0 Å². The van der Waals surface area contributed by atoms with Crippen LogP contribution in [0.15, 0.2) is 42.5 Å². The summed E-state index contributed by atoms with van der Waals surface area (Å²) in [6, 6.07) is 13.0. The number of rotatable bonds is 6. The van der Waals surface area contributed by atoms with Crippen molar-refractivity contribution in [1.82, 2.24) is 0 Å². The largest absolute Gasteiger partial charge is 0.366 e. The molecule has 0 spiro atoms. The number of nitro groups is 1. The van der Waals surface area contributed by atoms with E-state index in [4.69, 9.17) is 11.6 Å². The fraction of sp³-hybridized carbons (Fsp3) is 0.294. The number of nitrogens with zero attached hydrogens (tertiary/aromatic N) is 2. The van der Waals surface area contributed by atoms with Gasteiger partial charge in [0.05, 0.1) is 15.6 Å². The molecule has 2 aromatic rings. The lowest BCUT2D eigenvalue weighted by Crippen LogP contribution is -2.23. The van der Waals surface area contributed by atoms with Crippen LogP contribution in [0.1, 0.15) is 24.5 Å². The third-order valence-corrected chi connectivity index (χ3v) is 3.77. The van der Waals surface area contributed by atoms with Gasteiger partial charge < -0.3 is 4.90 Å². The van der Waals surface area contributed by atoms with Crippen LogP contribution in [0.3, 0.4) is 0 Å². The van der Waals surface area contributed by atoms with Crippen molar-refractivity contribution in [3.05, 3.63) is 68.7 Å². The Hall–Kier alpha value is -2.07. The third kappa shape index (κ3) is 3.98. The molecular weight excluding hydrogens is 300 g/mol. The Labute approximate surface area is 135 Å². The van der Waals surface area contributed by atoms with Gasteiger partial charge in [-0.2, -0.15) is 0 Å². The average Bonchev–Trinajstić information content (AvgIpc) is 2.49. The molecule has 22 heavy (non-hydrogen) atoms. The monoisotopic (exact) mass is 318 g/mol. The van der Waals surface area contributed by atoms with Crippen molar-refractivity contribution in [2.45, 2.75) is 26.8 Å². The molecule has 2 rings (SSSR count). The van der Waals surface area contributed by atoms with Gasteiger partial charge in [0.25, 0.3) is 5.69 Å². The first-order valence-electron chi connectivity index (χ1n) is 7.25. The van der Waals surface area contributed by atoms with Gasteiger partial charge in [0.2, 0.25) is 0 Å². The number of nitro benzene ring substituents is 1. The summed E-state index contributed by atoms with van der Waals surface area (Å²) in [4.78, 5) is 12.5. The zero-order valence-corrected chi connectivity index (χ0v) is 13.5. The second-order valence-corrected chi connectivity index (χ2v) is 5.71. The molecule has 116 valence electrons. The van der Waals surface area contributed by atoms with E-state index in [1.54, 1.807) is 6.07 Å². The van der Waals surface area contributed by atoms with Gasteiger partial charge in [0.15, 0.2) is 0 Å². The predicted molar refractivity (Wildman–Crippen MR) is 90.6 cm³/mol. The van der Waals surface area contributed by atoms with Crippen LogP contribution in [0.25, 0.3) is 0 Å². The lowest BCUT2D eigenvalue weighted by molar-refractivity contribution is -0.384. The van der Waals surface area contributed by atoms with Gasteiger partial charge in [-0.1, -0.05) is 48.4 Å². The Morgan fingerprint density at radius 2 is 1.86 bits per heavy atom. The minimum absolute atomic E-state index is 0.0144. The fourth-order valence-electron chi connectivity index (χ4n) is 2.33. The van der Waals surface area contributed by atoms with Crippen LogP contribution in [0.5, 0.6) is 0 Å². The lowest BCUT2D eigenvalue weighted by atomic mass is 10.1. The van der Waals surface area contributed by atoms with Crippen molar-refractivity contribution in [2.24, 2.45) is 0 Å². The minimum Gasteiger partial charge on any atom is -0.366 e. The number of benzene rings is 2. The lowest BCUT2D eigenvalue weighted by Gasteiger charge is -2.25. The van der Waals surface area contributed by atoms with E-state index in [0.29, 0.717) is 5.02 Å². The van der Waals surface area contributed by atoms with Crippen LogP contribution in [-0.2, 0) is 6.54 Å². The molecule has 0 aliphatic heterocycles. The topological polar surface area (TPSA) is 46.4 Å². The minimum atomic E-state index is -0.431. The maximum Gasteiger partial charge on any atom is 0.271 e. The first-order chi connectivity index (χ1) is 10.5. The zero-order chi connectivity index (χ0) is 16.1. The average molecular weight is 319 g/mol.